The summed E-state index contributed by atoms with van der Waals surface area (Å²) in [6.07, 6.45) is 0. The normalized spacial score (nSPS) is 11.6. The molecule has 1 aromatic carbocycles. The van der Waals surface area contributed by atoms with Gasteiger partial charge in [-0.15, -0.1) is 0 Å². The van der Waals surface area contributed by atoms with E-state index in [1.54, 1.807) is 6.92 Å². The van der Waals surface area contributed by atoms with Crippen LogP contribution in [-0.4, -0.2) is 26.3 Å². The lowest BCUT2D eigenvalue weighted by Crippen LogP contribution is -2.18. The number of benzene rings is 1. The van der Waals surface area contributed by atoms with Crippen molar-refractivity contribution in [3.05, 3.63) is 28.8 Å². The van der Waals surface area contributed by atoms with Gasteiger partial charge in [-0.25, -0.2) is 0 Å². The Morgan fingerprint density at radius 1 is 1.00 bits per heavy atom. The van der Waals surface area contributed by atoms with Gasteiger partial charge in [-0.3, -0.25) is 14.8 Å². The van der Waals surface area contributed by atoms with E-state index in [-0.39, 0.29) is 16.6 Å². The molecule has 0 saturated carbocycles. The summed E-state index contributed by atoms with van der Waals surface area (Å²) in [5.41, 5.74) is 1.97. The summed E-state index contributed by atoms with van der Waals surface area (Å²) in [5.74, 6) is 0.353. The van der Waals surface area contributed by atoms with Crippen molar-refractivity contribution >= 4 is 31.2 Å². The first-order valence-corrected chi connectivity index (χ1v) is 9.73. The number of halogens is 1. The number of phenolic OH excluding ortho intramolecular Hbond substituents is 1. The van der Waals surface area contributed by atoms with Gasteiger partial charge in [0.25, 0.3) is 0 Å². The fraction of sp³-hybridized carbons (Fsp3) is 0.562. The van der Waals surface area contributed by atoms with Crippen molar-refractivity contribution in [3.63, 3.8) is 0 Å². The van der Waals surface area contributed by atoms with E-state index in [0.29, 0.717) is 11.3 Å². The Balaban J connectivity index is 0.00000172. The van der Waals surface area contributed by atoms with Crippen LogP contribution in [0.2, 0.25) is 0 Å². The van der Waals surface area contributed by atoms with E-state index in [2.05, 4.69) is 0 Å². The predicted molar refractivity (Wildman–Crippen MR) is 89.9 cm³/mol. The van der Waals surface area contributed by atoms with Crippen LogP contribution in [0.25, 0.3) is 0 Å². The third-order valence-corrected chi connectivity index (χ3v) is 3.13. The van der Waals surface area contributed by atoms with Gasteiger partial charge in [-0.05, 0) is 29.9 Å². The second kappa shape index (κ2) is 6.98. The molecule has 0 aliphatic rings. The molecule has 0 radical (unpaired) electrons. The van der Waals surface area contributed by atoms with Crippen LogP contribution in [0.5, 0.6) is 5.75 Å². The summed E-state index contributed by atoms with van der Waals surface area (Å²) in [7, 11) is 4.78. The molecule has 1 rings (SSSR count). The van der Waals surface area contributed by atoms with Gasteiger partial charge in [0.15, 0.2) is 5.78 Å². The standard InChI is InChI=1S/C16H24O2.Al.ClH.2H/c1-10(17)11-8-12(15(2,3)4)14(18)13(9-11)16(5,6)7;;;;/h8-9,18H,1-7H3;;1H;;/q;+1;;;/p-1. The van der Waals surface area contributed by atoms with E-state index < -0.39 is 0 Å². The average Bonchev–Trinajstić information content (AvgIpc) is 2.28. The quantitative estimate of drug-likeness (QED) is 0.629. The van der Waals surface area contributed by atoms with Crippen molar-refractivity contribution in [3.8, 4) is 5.75 Å². The maximum Gasteiger partial charge on any atom is 0.353 e. The van der Waals surface area contributed by atoms with Crippen LogP contribution >= 0.6 is 10.0 Å². The molecule has 0 saturated heterocycles. The molecule has 112 valence electrons. The second-order valence-electron chi connectivity index (χ2n) is 6.98. The average molecular weight is 313 g/mol. The monoisotopic (exact) mass is 312 g/mol. The molecule has 0 spiro atoms. The fourth-order valence-corrected chi connectivity index (χ4v) is 1.98. The maximum absolute atomic E-state index is 11.6. The van der Waals surface area contributed by atoms with Crippen molar-refractivity contribution in [1.82, 2.24) is 0 Å². The molecule has 0 fully saturated rings. The summed E-state index contributed by atoms with van der Waals surface area (Å²) in [4.78, 5) is 11.6. The van der Waals surface area contributed by atoms with Crippen molar-refractivity contribution in [2.24, 2.45) is 0 Å². The van der Waals surface area contributed by atoms with E-state index in [0.717, 1.165) is 26.5 Å². The lowest BCUT2D eigenvalue weighted by atomic mass is 9.78. The molecule has 1 aromatic rings. The zero-order valence-corrected chi connectivity index (χ0v) is 16.6. The SMILES string of the molecule is CC(=O)c1cc(C(C)(C)C)c(O)c(C(C)(C)C)c1.[AlH2][Cl]. The first-order valence-electron chi connectivity index (χ1n) is 6.71. The molecule has 0 atom stereocenters. The van der Waals surface area contributed by atoms with Gasteiger partial charge in [-0.1, -0.05) is 41.5 Å². The number of hydrogen-bond acceptors (Lipinski definition) is 2. The smallest absolute Gasteiger partial charge is 0.353 e. The number of phenols is 1. The van der Waals surface area contributed by atoms with Crippen LogP contribution in [0.3, 0.4) is 0 Å². The Kier molecular flexibility index (Phi) is 6.81. The van der Waals surface area contributed by atoms with Crippen LogP contribution in [-0.2, 0) is 10.8 Å². The summed E-state index contributed by atoms with van der Waals surface area (Å²) in [6, 6.07) is 3.62. The summed E-state index contributed by atoms with van der Waals surface area (Å²) < 4.78 is 0. The third kappa shape index (κ3) is 4.81. The van der Waals surface area contributed by atoms with E-state index in [1.165, 1.54) is 0 Å². The molecule has 0 aliphatic carbocycles. The zero-order chi connectivity index (χ0) is 16.3. The van der Waals surface area contributed by atoms with Crippen molar-refractivity contribution in [2.75, 3.05) is 0 Å². The molecular formula is C16H26AlClO2. The van der Waals surface area contributed by atoms with E-state index in [4.69, 9.17) is 10.0 Å². The Bertz CT molecular complexity index is 447. The van der Waals surface area contributed by atoms with Crippen LogP contribution in [0, 0.1) is 0 Å². The third-order valence-electron chi connectivity index (χ3n) is 3.13. The van der Waals surface area contributed by atoms with Crippen molar-refractivity contribution in [1.29, 1.82) is 0 Å². The molecule has 0 aromatic heterocycles. The largest absolute Gasteiger partial charge is 0.507 e. The molecule has 0 aliphatic heterocycles. The number of carbonyl (C=O) groups excluding carboxylic acids is 1. The number of Topliss-reactive ketones (excluding diaryl/α,β-unsaturated/α-hetero) is 1. The zero-order valence-electron chi connectivity index (χ0n) is 13.9. The van der Waals surface area contributed by atoms with Gasteiger partial charge >= 0.3 is 15.4 Å². The summed E-state index contributed by atoms with van der Waals surface area (Å²) in [5, 5.41) is 10.5. The van der Waals surface area contributed by atoms with E-state index >= 15 is 0 Å². The van der Waals surface area contributed by atoms with Gasteiger partial charge in [0.1, 0.15) is 5.75 Å². The van der Waals surface area contributed by atoms with Crippen LogP contribution in [0.1, 0.15) is 70.0 Å². The number of aromatic hydroxyl groups is 1. The van der Waals surface area contributed by atoms with Crippen molar-refractivity contribution < 1.29 is 9.90 Å². The topological polar surface area (TPSA) is 37.3 Å². The highest BCUT2D eigenvalue weighted by Crippen LogP contribution is 2.39. The minimum atomic E-state index is -0.185. The minimum Gasteiger partial charge on any atom is -0.507 e. The molecule has 0 heterocycles. The van der Waals surface area contributed by atoms with Gasteiger partial charge in [0.05, 0.1) is 0 Å². The maximum atomic E-state index is 11.6. The lowest BCUT2D eigenvalue weighted by Gasteiger charge is -2.27. The van der Waals surface area contributed by atoms with Crippen LogP contribution in [0.4, 0.5) is 0 Å². The molecule has 2 nitrogen and oxygen atoms in total. The predicted octanol–water partition coefficient (Wildman–Crippen LogP) is 3.96. The minimum absolute atomic E-state index is 0.0333. The highest BCUT2D eigenvalue weighted by molar-refractivity contribution is 6.80. The fourth-order valence-electron chi connectivity index (χ4n) is 1.98. The molecule has 0 bridgehead atoms. The van der Waals surface area contributed by atoms with E-state index in [9.17, 15) is 9.90 Å². The molecule has 0 amide bonds. The Morgan fingerprint density at radius 2 is 1.30 bits per heavy atom. The Hall–Kier alpha value is -0.488. The molecule has 1 N–H and O–H groups in total. The number of ketones is 1. The van der Waals surface area contributed by atoms with Crippen LogP contribution in [0.15, 0.2) is 12.1 Å². The first-order chi connectivity index (χ1) is 8.94. The van der Waals surface area contributed by atoms with Gasteiger partial charge in [-0.2, -0.15) is 0 Å². The van der Waals surface area contributed by atoms with Crippen molar-refractivity contribution in [2.45, 2.75) is 59.3 Å². The Labute approximate surface area is 135 Å². The van der Waals surface area contributed by atoms with Gasteiger partial charge in [0, 0.05) is 16.7 Å². The number of hydrogen-bond donors (Lipinski definition) is 1. The highest BCUT2D eigenvalue weighted by atomic mass is 35.6. The summed E-state index contributed by atoms with van der Waals surface area (Å²) >= 11 is 0.778. The van der Waals surface area contributed by atoms with Gasteiger partial charge < -0.3 is 5.11 Å². The second-order valence-corrected chi connectivity index (χ2v) is 6.98. The molecular weight excluding hydrogens is 287 g/mol. The molecule has 0 unspecified atom stereocenters. The van der Waals surface area contributed by atoms with E-state index in [1.807, 2.05) is 53.7 Å². The molecule has 4 heteroatoms. The molecule has 20 heavy (non-hydrogen) atoms. The number of carbonyl (C=O) groups is 1. The number of rotatable bonds is 1. The van der Waals surface area contributed by atoms with Gasteiger partial charge in [0.2, 0.25) is 0 Å². The first kappa shape index (κ1) is 19.5. The summed E-state index contributed by atoms with van der Waals surface area (Å²) in [6.45, 7) is 13.8. The lowest BCUT2D eigenvalue weighted by molar-refractivity contribution is 0.101. The Morgan fingerprint density at radius 3 is 1.50 bits per heavy atom. The van der Waals surface area contributed by atoms with Crippen LogP contribution < -0.4 is 0 Å². The highest BCUT2D eigenvalue weighted by Gasteiger charge is 2.27.